The number of rotatable bonds is 4. The zero-order valence-corrected chi connectivity index (χ0v) is 14.7. The van der Waals surface area contributed by atoms with E-state index >= 15 is 0 Å². The smallest absolute Gasteiger partial charge is 0.411 e. The number of ether oxygens (including phenoxy) is 1. The van der Waals surface area contributed by atoms with Crippen LogP contribution in [-0.4, -0.2) is 29.1 Å². The molecule has 0 spiro atoms. The number of aromatic nitrogens is 1. The molecule has 7 nitrogen and oxygen atoms in total. The van der Waals surface area contributed by atoms with Gasteiger partial charge in [-0.2, -0.15) is 0 Å². The minimum absolute atomic E-state index is 0.155. The van der Waals surface area contributed by atoms with Crippen LogP contribution in [0.15, 0.2) is 43.0 Å². The largest absolute Gasteiger partial charge is 0.450 e. The van der Waals surface area contributed by atoms with Gasteiger partial charge >= 0.3 is 6.09 Å². The molecule has 1 aliphatic heterocycles. The van der Waals surface area contributed by atoms with Crippen LogP contribution < -0.4 is 10.6 Å². The summed E-state index contributed by atoms with van der Waals surface area (Å²) < 4.78 is 6.92. The molecule has 0 bridgehead atoms. The molecule has 2 aromatic carbocycles. The number of para-hydroxylation sites is 1. The lowest BCUT2D eigenvalue weighted by molar-refractivity contribution is 0.0880. The molecule has 0 saturated heterocycles. The number of fused-ring (bicyclic) bond motifs is 5. The standard InChI is InChI=1S/C20H17N3O4/c1-3-9-23-13-8-6-5-7-11(13)15-14(23)10-12(21-20(26)27-4-2)16-17(15)19(25)22-18(16)24/h3,5-8,10H,1,4,9H2,2H3,(H,21,26)(H,22,24,25). The number of carbonyl (C=O) groups excluding carboxylic acids is 3. The van der Waals surface area contributed by atoms with Gasteiger partial charge in [-0.3, -0.25) is 20.2 Å². The van der Waals surface area contributed by atoms with Gasteiger partial charge in [-0.05, 0) is 19.1 Å². The summed E-state index contributed by atoms with van der Waals surface area (Å²) in [6.07, 6.45) is 1.07. The molecule has 0 saturated carbocycles. The summed E-state index contributed by atoms with van der Waals surface area (Å²) in [5.74, 6) is -1.02. The molecule has 0 aliphatic carbocycles. The molecule has 4 rings (SSSR count). The Morgan fingerprint density at radius 1 is 1.22 bits per heavy atom. The van der Waals surface area contributed by atoms with Gasteiger partial charge in [-0.1, -0.05) is 24.3 Å². The van der Waals surface area contributed by atoms with E-state index in [9.17, 15) is 14.4 Å². The lowest BCUT2D eigenvalue weighted by Gasteiger charge is -2.11. The highest BCUT2D eigenvalue weighted by Crippen LogP contribution is 2.38. The Balaban J connectivity index is 2.10. The van der Waals surface area contributed by atoms with E-state index in [1.165, 1.54) is 0 Å². The monoisotopic (exact) mass is 363 g/mol. The first-order valence-electron chi connectivity index (χ1n) is 8.55. The maximum atomic E-state index is 12.6. The van der Waals surface area contributed by atoms with Crippen LogP contribution in [0.2, 0.25) is 0 Å². The molecule has 0 radical (unpaired) electrons. The molecule has 3 aromatic rings. The van der Waals surface area contributed by atoms with Crippen LogP contribution in [0.4, 0.5) is 10.5 Å². The molecule has 27 heavy (non-hydrogen) atoms. The average molecular weight is 363 g/mol. The van der Waals surface area contributed by atoms with Gasteiger partial charge in [-0.15, -0.1) is 6.58 Å². The van der Waals surface area contributed by atoms with Crippen molar-refractivity contribution in [3.05, 3.63) is 54.1 Å². The summed E-state index contributed by atoms with van der Waals surface area (Å²) in [5, 5.41) is 6.45. The molecule has 2 heterocycles. The van der Waals surface area contributed by atoms with Crippen LogP contribution in [0.5, 0.6) is 0 Å². The van der Waals surface area contributed by atoms with Crippen LogP contribution in [-0.2, 0) is 11.3 Å². The first-order chi connectivity index (χ1) is 13.1. The van der Waals surface area contributed by atoms with Gasteiger partial charge in [0.05, 0.1) is 28.9 Å². The first kappa shape index (κ1) is 16.8. The minimum Gasteiger partial charge on any atom is -0.450 e. The second-order valence-corrected chi connectivity index (χ2v) is 6.11. The minimum atomic E-state index is -0.683. The Morgan fingerprint density at radius 3 is 2.70 bits per heavy atom. The Bertz CT molecular complexity index is 1140. The van der Waals surface area contributed by atoms with Crippen molar-refractivity contribution < 1.29 is 19.1 Å². The van der Waals surface area contributed by atoms with Gasteiger partial charge < -0.3 is 9.30 Å². The fourth-order valence-corrected chi connectivity index (χ4v) is 3.60. The van der Waals surface area contributed by atoms with E-state index in [-0.39, 0.29) is 23.4 Å². The molecule has 0 fully saturated rings. The number of hydrogen-bond acceptors (Lipinski definition) is 4. The maximum Gasteiger partial charge on any atom is 0.411 e. The molecular formula is C20H17N3O4. The number of hydrogen-bond donors (Lipinski definition) is 2. The number of anilines is 1. The SMILES string of the molecule is C=CCn1c2ccccc2c2c3c(c(NC(=O)OCC)cc21)C(=O)NC3=O. The first-order valence-corrected chi connectivity index (χ1v) is 8.55. The fraction of sp³-hybridized carbons (Fsp3) is 0.150. The summed E-state index contributed by atoms with van der Waals surface area (Å²) >= 11 is 0. The number of allylic oxidation sites excluding steroid dienone is 1. The van der Waals surface area contributed by atoms with Gasteiger partial charge in [0.1, 0.15) is 0 Å². The molecular weight excluding hydrogens is 346 g/mol. The summed E-state index contributed by atoms with van der Waals surface area (Å²) in [6, 6.07) is 9.34. The van der Waals surface area contributed by atoms with E-state index in [0.29, 0.717) is 11.9 Å². The van der Waals surface area contributed by atoms with E-state index in [4.69, 9.17) is 4.74 Å². The fourth-order valence-electron chi connectivity index (χ4n) is 3.60. The van der Waals surface area contributed by atoms with Crippen LogP contribution in [0.1, 0.15) is 27.6 Å². The number of carbonyl (C=O) groups is 3. The van der Waals surface area contributed by atoms with Gasteiger partial charge in [-0.25, -0.2) is 4.79 Å². The lowest BCUT2D eigenvalue weighted by atomic mass is 10.00. The van der Waals surface area contributed by atoms with Crippen molar-refractivity contribution in [2.45, 2.75) is 13.5 Å². The van der Waals surface area contributed by atoms with Gasteiger partial charge in [0.15, 0.2) is 0 Å². The maximum absolute atomic E-state index is 12.6. The second-order valence-electron chi connectivity index (χ2n) is 6.11. The summed E-state index contributed by atoms with van der Waals surface area (Å²) in [5.41, 5.74) is 2.30. The third-order valence-corrected chi connectivity index (χ3v) is 4.57. The molecule has 1 aliphatic rings. The number of nitrogens with one attached hydrogen (secondary N) is 2. The lowest BCUT2D eigenvalue weighted by Crippen LogP contribution is -2.21. The number of imide groups is 1. The summed E-state index contributed by atoms with van der Waals surface area (Å²) in [7, 11) is 0. The van der Waals surface area contributed by atoms with Gasteiger partial charge in [0.25, 0.3) is 11.8 Å². The quantitative estimate of drug-likeness (QED) is 0.549. The highest BCUT2D eigenvalue weighted by Gasteiger charge is 2.34. The van der Waals surface area contributed by atoms with Gasteiger partial charge in [0.2, 0.25) is 0 Å². The molecule has 136 valence electrons. The van der Waals surface area contributed by atoms with Crippen molar-refractivity contribution in [1.82, 2.24) is 9.88 Å². The normalized spacial score (nSPS) is 12.9. The van der Waals surface area contributed by atoms with Gasteiger partial charge in [0, 0.05) is 22.8 Å². The van der Waals surface area contributed by atoms with E-state index in [2.05, 4.69) is 17.2 Å². The molecule has 0 unspecified atom stereocenters. The van der Waals surface area contributed by atoms with E-state index in [1.807, 2.05) is 28.8 Å². The van der Waals surface area contributed by atoms with E-state index in [1.54, 1.807) is 19.1 Å². The van der Waals surface area contributed by atoms with Crippen molar-refractivity contribution in [2.75, 3.05) is 11.9 Å². The predicted molar refractivity (Wildman–Crippen MR) is 102 cm³/mol. The van der Waals surface area contributed by atoms with Crippen molar-refractivity contribution in [1.29, 1.82) is 0 Å². The van der Waals surface area contributed by atoms with Crippen molar-refractivity contribution >= 4 is 45.4 Å². The van der Waals surface area contributed by atoms with Crippen LogP contribution in [0, 0.1) is 0 Å². The Labute approximate surface area is 154 Å². The van der Waals surface area contributed by atoms with Crippen molar-refractivity contribution in [3.63, 3.8) is 0 Å². The zero-order valence-electron chi connectivity index (χ0n) is 14.7. The van der Waals surface area contributed by atoms with Crippen LogP contribution >= 0.6 is 0 Å². The number of amides is 3. The molecule has 1 aromatic heterocycles. The second kappa shape index (κ2) is 6.28. The molecule has 3 amide bonds. The third-order valence-electron chi connectivity index (χ3n) is 4.57. The summed E-state index contributed by atoms with van der Waals surface area (Å²) in [4.78, 5) is 36.9. The number of nitrogens with zero attached hydrogens (tertiary/aromatic N) is 1. The zero-order chi connectivity index (χ0) is 19.1. The molecule has 0 atom stereocenters. The predicted octanol–water partition coefficient (Wildman–Crippen LogP) is 3.43. The average Bonchev–Trinajstić information content (AvgIpc) is 3.11. The van der Waals surface area contributed by atoms with E-state index < -0.39 is 17.9 Å². The summed E-state index contributed by atoms with van der Waals surface area (Å²) in [6.45, 7) is 6.19. The highest BCUT2D eigenvalue weighted by molar-refractivity contribution is 6.32. The van der Waals surface area contributed by atoms with Crippen LogP contribution in [0.3, 0.4) is 0 Å². The van der Waals surface area contributed by atoms with Crippen LogP contribution in [0.25, 0.3) is 21.8 Å². The Kier molecular flexibility index (Phi) is 3.92. The van der Waals surface area contributed by atoms with Crippen molar-refractivity contribution in [3.8, 4) is 0 Å². The van der Waals surface area contributed by atoms with Crippen molar-refractivity contribution in [2.24, 2.45) is 0 Å². The highest BCUT2D eigenvalue weighted by atomic mass is 16.5. The Morgan fingerprint density at radius 2 is 1.96 bits per heavy atom. The third kappa shape index (κ3) is 2.47. The molecule has 7 heteroatoms. The Hall–Kier alpha value is -3.61. The topological polar surface area (TPSA) is 89.4 Å². The molecule has 2 N–H and O–H groups in total. The van der Waals surface area contributed by atoms with E-state index in [0.717, 1.165) is 16.4 Å². The number of benzene rings is 2.